The lowest BCUT2D eigenvalue weighted by Crippen LogP contribution is -2.49. The largest absolute Gasteiger partial charge is 0.493 e. The molecular weight excluding hydrogens is 341 g/mol. The van der Waals surface area contributed by atoms with Crippen molar-refractivity contribution in [2.24, 2.45) is 5.92 Å². The number of carbonyl (C=O) groups is 2. The third kappa shape index (κ3) is 4.00. The van der Waals surface area contributed by atoms with E-state index in [4.69, 9.17) is 14.6 Å². The Hall–Kier alpha value is -2.93. The van der Waals surface area contributed by atoms with Crippen molar-refractivity contribution < 1.29 is 28.6 Å². The van der Waals surface area contributed by atoms with Crippen LogP contribution in [0, 0.1) is 11.7 Å². The van der Waals surface area contributed by atoms with E-state index in [1.807, 2.05) is 4.90 Å². The monoisotopic (exact) mass is 359 g/mol. The van der Waals surface area contributed by atoms with Crippen LogP contribution in [0.1, 0.15) is 15.9 Å². The summed E-state index contributed by atoms with van der Waals surface area (Å²) in [4.78, 5) is 25.0. The van der Waals surface area contributed by atoms with E-state index in [0.29, 0.717) is 25.4 Å². The highest BCUT2D eigenvalue weighted by atomic mass is 19.1. The van der Waals surface area contributed by atoms with Crippen molar-refractivity contribution >= 4 is 11.9 Å². The quantitative estimate of drug-likeness (QED) is 0.631. The molecule has 0 amide bonds. The van der Waals surface area contributed by atoms with Gasteiger partial charge < -0.3 is 14.6 Å². The fourth-order valence-corrected chi connectivity index (χ4v) is 2.75. The fraction of sp³-hybridized carbons (Fsp3) is 0.263. The first kappa shape index (κ1) is 17.9. The van der Waals surface area contributed by atoms with E-state index in [1.165, 1.54) is 31.4 Å². The van der Waals surface area contributed by atoms with Gasteiger partial charge >= 0.3 is 11.9 Å². The zero-order chi connectivity index (χ0) is 18.7. The van der Waals surface area contributed by atoms with Crippen LogP contribution in [-0.2, 0) is 11.3 Å². The van der Waals surface area contributed by atoms with E-state index in [0.717, 1.165) is 5.56 Å². The number of carboxylic acid groups (broad SMARTS) is 1. The minimum atomic E-state index is -0.776. The van der Waals surface area contributed by atoms with E-state index in [2.05, 4.69) is 0 Å². The predicted octanol–water partition coefficient (Wildman–Crippen LogP) is 2.57. The summed E-state index contributed by atoms with van der Waals surface area (Å²) in [6, 6.07) is 10.3. The SMILES string of the molecule is COc1cc(CN2CC(C(=O)O)C2)ccc1OC(=O)c1ccc(F)cc1. The molecule has 1 saturated heterocycles. The van der Waals surface area contributed by atoms with Crippen LogP contribution in [0.5, 0.6) is 11.5 Å². The standard InChI is InChI=1S/C19H18FNO5/c1-25-17-8-12(9-21-10-14(11-21)18(22)23)2-7-16(17)26-19(24)13-3-5-15(20)6-4-13/h2-8,14H,9-11H2,1H3,(H,22,23). The van der Waals surface area contributed by atoms with Gasteiger partial charge in [-0.1, -0.05) is 6.07 Å². The molecule has 1 heterocycles. The van der Waals surface area contributed by atoms with Crippen LogP contribution in [0.25, 0.3) is 0 Å². The zero-order valence-electron chi connectivity index (χ0n) is 14.1. The molecule has 0 bridgehead atoms. The Morgan fingerprint density at radius 3 is 2.46 bits per heavy atom. The smallest absolute Gasteiger partial charge is 0.343 e. The Morgan fingerprint density at radius 2 is 1.85 bits per heavy atom. The van der Waals surface area contributed by atoms with Gasteiger partial charge in [0, 0.05) is 19.6 Å². The van der Waals surface area contributed by atoms with Crippen molar-refractivity contribution in [2.75, 3.05) is 20.2 Å². The van der Waals surface area contributed by atoms with Crippen molar-refractivity contribution in [1.82, 2.24) is 4.90 Å². The molecule has 0 unspecified atom stereocenters. The number of aliphatic carboxylic acids is 1. The summed E-state index contributed by atoms with van der Waals surface area (Å²) >= 11 is 0. The van der Waals surface area contributed by atoms with E-state index in [9.17, 15) is 14.0 Å². The van der Waals surface area contributed by atoms with Crippen LogP contribution in [0.2, 0.25) is 0 Å². The lowest BCUT2D eigenvalue weighted by Gasteiger charge is -2.36. The van der Waals surface area contributed by atoms with Gasteiger partial charge in [-0.05, 0) is 42.0 Å². The summed E-state index contributed by atoms with van der Waals surface area (Å²) in [6.45, 7) is 1.62. The number of hydrogen-bond acceptors (Lipinski definition) is 5. The second kappa shape index (κ2) is 7.53. The number of methoxy groups -OCH3 is 1. The van der Waals surface area contributed by atoms with Gasteiger partial charge in [0.05, 0.1) is 18.6 Å². The molecule has 7 heteroatoms. The van der Waals surface area contributed by atoms with Crippen molar-refractivity contribution in [1.29, 1.82) is 0 Å². The highest BCUT2D eigenvalue weighted by molar-refractivity contribution is 5.91. The molecule has 6 nitrogen and oxygen atoms in total. The second-order valence-corrected chi connectivity index (χ2v) is 6.11. The molecule has 0 aliphatic carbocycles. The van der Waals surface area contributed by atoms with E-state index in [-0.39, 0.29) is 17.2 Å². The first-order chi connectivity index (χ1) is 12.5. The summed E-state index contributed by atoms with van der Waals surface area (Å²) in [7, 11) is 1.47. The normalized spacial score (nSPS) is 14.5. The van der Waals surface area contributed by atoms with Gasteiger partial charge in [0.1, 0.15) is 5.82 Å². The summed E-state index contributed by atoms with van der Waals surface area (Å²) in [5.41, 5.74) is 1.16. The molecule has 0 saturated carbocycles. The summed E-state index contributed by atoms with van der Waals surface area (Å²) in [6.07, 6.45) is 0. The fourth-order valence-electron chi connectivity index (χ4n) is 2.75. The van der Waals surface area contributed by atoms with E-state index in [1.54, 1.807) is 18.2 Å². The summed E-state index contributed by atoms with van der Waals surface area (Å²) in [5, 5.41) is 8.91. The molecule has 0 radical (unpaired) electrons. The molecule has 0 aromatic heterocycles. The molecule has 1 aliphatic heterocycles. The Labute approximate surface area is 149 Å². The molecule has 3 rings (SSSR count). The molecule has 0 atom stereocenters. The first-order valence-electron chi connectivity index (χ1n) is 8.06. The van der Waals surface area contributed by atoms with Gasteiger partial charge in [-0.15, -0.1) is 0 Å². The molecule has 1 aliphatic rings. The second-order valence-electron chi connectivity index (χ2n) is 6.11. The van der Waals surface area contributed by atoms with Crippen LogP contribution in [-0.4, -0.2) is 42.1 Å². The molecule has 2 aromatic carbocycles. The molecule has 1 fully saturated rings. The average Bonchev–Trinajstić information content (AvgIpc) is 2.58. The van der Waals surface area contributed by atoms with Gasteiger partial charge in [-0.3, -0.25) is 9.69 Å². The Balaban J connectivity index is 1.66. The highest BCUT2D eigenvalue weighted by Gasteiger charge is 2.32. The number of nitrogens with zero attached hydrogens (tertiary/aromatic N) is 1. The number of likely N-dealkylation sites (tertiary alicyclic amines) is 1. The third-order valence-corrected chi connectivity index (χ3v) is 4.22. The highest BCUT2D eigenvalue weighted by Crippen LogP contribution is 2.30. The third-order valence-electron chi connectivity index (χ3n) is 4.22. The maximum atomic E-state index is 12.9. The molecule has 0 spiro atoms. The van der Waals surface area contributed by atoms with Crippen LogP contribution in [0.3, 0.4) is 0 Å². The van der Waals surface area contributed by atoms with Gasteiger partial charge in [0.15, 0.2) is 11.5 Å². The van der Waals surface area contributed by atoms with Crippen LogP contribution < -0.4 is 9.47 Å². The Bertz CT molecular complexity index is 815. The number of halogens is 1. The Kier molecular flexibility index (Phi) is 5.18. The van der Waals surface area contributed by atoms with Gasteiger partial charge in [0.2, 0.25) is 0 Å². The van der Waals surface area contributed by atoms with E-state index >= 15 is 0 Å². The average molecular weight is 359 g/mol. The topological polar surface area (TPSA) is 76.1 Å². The molecule has 136 valence electrons. The van der Waals surface area contributed by atoms with Crippen LogP contribution in [0.4, 0.5) is 4.39 Å². The molecular formula is C19H18FNO5. The number of hydrogen-bond donors (Lipinski definition) is 1. The number of carbonyl (C=O) groups excluding carboxylic acids is 1. The number of esters is 1. The molecule has 2 aromatic rings. The van der Waals surface area contributed by atoms with Crippen LogP contribution >= 0.6 is 0 Å². The maximum absolute atomic E-state index is 12.9. The first-order valence-corrected chi connectivity index (χ1v) is 8.06. The van der Waals surface area contributed by atoms with Crippen molar-refractivity contribution in [3.8, 4) is 11.5 Å². The molecule has 1 N–H and O–H groups in total. The number of benzene rings is 2. The van der Waals surface area contributed by atoms with Crippen molar-refractivity contribution in [3.63, 3.8) is 0 Å². The van der Waals surface area contributed by atoms with Gasteiger partial charge in [0.25, 0.3) is 0 Å². The van der Waals surface area contributed by atoms with E-state index < -0.39 is 17.8 Å². The lowest BCUT2D eigenvalue weighted by atomic mass is 9.99. The lowest BCUT2D eigenvalue weighted by molar-refractivity contribution is -0.147. The zero-order valence-corrected chi connectivity index (χ0v) is 14.1. The minimum absolute atomic E-state index is 0.234. The van der Waals surface area contributed by atoms with Gasteiger partial charge in [-0.25, -0.2) is 9.18 Å². The molecule has 26 heavy (non-hydrogen) atoms. The summed E-state index contributed by atoms with van der Waals surface area (Å²) in [5.74, 6) is -1.47. The van der Waals surface area contributed by atoms with Crippen LogP contribution in [0.15, 0.2) is 42.5 Å². The number of carboxylic acids is 1. The number of rotatable bonds is 6. The Morgan fingerprint density at radius 1 is 1.15 bits per heavy atom. The maximum Gasteiger partial charge on any atom is 0.343 e. The number of ether oxygens (including phenoxy) is 2. The van der Waals surface area contributed by atoms with Crippen molar-refractivity contribution in [2.45, 2.75) is 6.54 Å². The minimum Gasteiger partial charge on any atom is -0.493 e. The summed E-state index contributed by atoms with van der Waals surface area (Å²) < 4.78 is 23.6. The predicted molar refractivity (Wildman–Crippen MR) is 90.8 cm³/mol. The van der Waals surface area contributed by atoms with Gasteiger partial charge in [-0.2, -0.15) is 0 Å². The van der Waals surface area contributed by atoms with Crippen molar-refractivity contribution in [3.05, 3.63) is 59.4 Å².